The normalized spacial score (nSPS) is 15.7. The van der Waals surface area contributed by atoms with Crippen molar-refractivity contribution < 1.29 is 13.2 Å². The molecule has 3 aromatic rings. The van der Waals surface area contributed by atoms with Gasteiger partial charge in [-0.3, -0.25) is 0 Å². The standard InChI is InChI=1S/C17H16F3N5/c1-24(15(10-2-3-10)11-4-6-12(18)7-5-11)14-9-8-13-21-22-17(16(19)20)25(13)23-14/h4-10,15-16H,2-3H2,1H3. The molecule has 0 aliphatic heterocycles. The summed E-state index contributed by atoms with van der Waals surface area (Å²) in [5.74, 6) is 0.209. The molecule has 1 unspecified atom stereocenters. The molecule has 1 aliphatic carbocycles. The number of hydrogen-bond donors (Lipinski definition) is 0. The van der Waals surface area contributed by atoms with Crippen LogP contribution in [0.1, 0.15) is 36.7 Å². The topological polar surface area (TPSA) is 46.3 Å². The predicted molar refractivity (Wildman–Crippen MR) is 86.0 cm³/mol. The Morgan fingerprint density at radius 3 is 2.44 bits per heavy atom. The molecule has 2 aromatic heterocycles. The second kappa shape index (κ2) is 6.02. The molecule has 1 aliphatic rings. The summed E-state index contributed by atoms with van der Waals surface area (Å²) in [4.78, 5) is 1.94. The predicted octanol–water partition coefficient (Wildman–Crippen LogP) is 3.79. The third kappa shape index (κ3) is 2.92. The van der Waals surface area contributed by atoms with Crippen LogP contribution >= 0.6 is 0 Å². The van der Waals surface area contributed by atoms with E-state index in [1.807, 2.05) is 11.9 Å². The van der Waals surface area contributed by atoms with Crippen molar-refractivity contribution in [2.75, 3.05) is 11.9 Å². The summed E-state index contributed by atoms with van der Waals surface area (Å²) in [5, 5.41) is 11.5. The van der Waals surface area contributed by atoms with E-state index in [9.17, 15) is 13.2 Å². The number of rotatable bonds is 5. The molecule has 0 saturated heterocycles. The molecule has 130 valence electrons. The van der Waals surface area contributed by atoms with Crippen LogP contribution in [-0.4, -0.2) is 26.9 Å². The molecule has 1 atom stereocenters. The number of alkyl halides is 2. The number of aromatic nitrogens is 4. The van der Waals surface area contributed by atoms with Crippen molar-refractivity contribution in [1.82, 2.24) is 19.8 Å². The second-order valence-corrected chi connectivity index (χ2v) is 6.27. The maximum absolute atomic E-state index is 13.2. The summed E-state index contributed by atoms with van der Waals surface area (Å²) < 4.78 is 40.4. The van der Waals surface area contributed by atoms with Crippen molar-refractivity contribution in [2.45, 2.75) is 25.3 Å². The number of benzene rings is 1. The fourth-order valence-electron chi connectivity index (χ4n) is 3.15. The third-order valence-electron chi connectivity index (χ3n) is 4.53. The maximum atomic E-state index is 13.2. The zero-order valence-corrected chi connectivity index (χ0v) is 13.5. The van der Waals surface area contributed by atoms with Crippen LogP contribution in [0, 0.1) is 11.7 Å². The van der Waals surface area contributed by atoms with Crippen molar-refractivity contribution in [2.24, 2.45) is 5.92 Å². The van der Waals surface area contributed by atoms with Crippen LogP contribution in [0.2, 0.25) is 0 Å². The lowest BCUT2D eigenvalue weighted by Gasteiger charge is -2.29. The van der Waals surface area contributed by atoms with Gasteiger partial charge in [-0.2, -0.15) is 4.52 Å². The lowest BCUT2D eigenvalue weighted by atomic mass is 10.0. The minimum absolute atomic E-state index is 0.0111. The quantitative estimate of drug-likeness (QED) is 0.704. The molecule has 4 rings (SSSR count). The molecule has 25 heavy (non-hydrogen) atoms. The van der Waals surface area contributed by atoms with Gasteiger partial charge < -0.3 is 4.90 Å². The van der Waals surface area contributed by atoms with E-state index in [1.54, 1.807) is 24.3 Å². The lowest BCUT2D eigenvalue weighted by molar-refractivity contribution is 0.137. The summed E-state index contributed by atoms with van der Waals surface area (Å²) >= 11 is 0. The van der Waals surface area contributed by atoms with Crippen molar-refractivity contribution in [3.63, 3.8) is 0 Å². The molecule has 1 aromatic carbocycles. The van der Waals surface area contributed by atoms with Crippen molar-refractivity contribution >= 4 is 11.5 Å². The van der Waals surface area contributed by atoms with Crippen LogP contribution < -0.4 is 4.90 Å². The number of fused-ring (bicyclic) bond motifs is 1. The van der Waals surface area contributed by atoms with Crippen LogP contribution in [0.25, 0.3) is 5.65 Å². The molecule has 1 fully saturated rings. The molecular weight excluding hydrogens is 331 g/mol. The molecule has 1 saturated carbocycles. The van der Waals surface area contributed by atoms with Gasteiger partial charge in [-0.05, 0) is 48.6 Å². The van der Waals surface area contributed by atoms with Gasteiger partial charge in [0.05, 0.1) is 6.04 Å². The zero-order chi connectivity index (χ0) is 17.6. The average Bonchev–Trinajstić information content (AvgIpc) is 3.33. The zero-order valence-electron chi connectivity index (χ0n) is 13.5. The highest BCUT2D eigenvalue weighted by atomic mass is 19.3. The Balaban J connectivity index is 1.72. The number of nitrogens with zero attached hydrogens (tertiary/aromatic N) is 5. The fraction of sp³-hybridized carbons (Fsp3) is 0.353. The van der Waals surface area contributed by atoms with Crippen LogP contribution in [0.5, 0.6) is 0 Å². The van der Waals surface area contributed by atoms with Gasteiger partial charge in [-0.15, -0.1) is 15.3 Å². The molecule has 0 bridgehead atoms. The maximum Gasteiger partial charge on any atom is 0.299 e. The molecule has 5 nitrogen and oxygen atoms in total. The highest BCUT2D eigenvalue weighted by Crippen LogP contribution is 2.45. The van der Waals surface area contributed by atoms with Gasteiger partial charge in [0.2, 0.25) is 5.82 Å². The number of anilines is 1. The van der Waals surface area contributed by atoms with Crippen molar-refractivity contribution in [3.05, 3.63) is 53.6 Å². The minimum atomic E-state index is -2.75. The van der Waals surface area contributed by atoms with E-state index in [4.69, 9.17) is 0 Å². The Hall–Kier alpha value is -2.64. The van der Waals surface area contributed by atoms with Gasteiger partial charge in [-0.25, -0.2) is 13.2 Å². The summed E-state index contributed by atoms with van der Waals surface area (Å²) in [7, 11) is 1.87. The fourth-order valence-corrected chi connectivity index (χ4v) is 3.15. The Labute approximate surface area is 142 Å². The van der Waals surface area contributed by atoms with Gasteiger partial charge in [0.25, 0.3) is 6.43 Å². The van der Waals surface area contributed by atoms with E-state index < -0.39 is 12.2 Å². The van der Waals surface area contributed by atoms with E-state index in [1.165, 1.54) is 12.1 Å². The van der Waals surface area contributed by atoms with E-state index in [-0.39, 0.29) is 17.5 Å². The van der Waals surface area contributed by atoms with Crippen molar-refractivity contribution in [3.8, 4) is 0 Å². The highest BCUT2D eigenvalue weighted by molar-refractivity contribution is 5.47. The van der Waals surface area contributed by atoms with Crippen LogP contribution in [0.15, 0.2) is 36.4 Å². The largest absolute Gasteiger partial charge is 0.351 e. The van der Waals surface area contributed by atoms with E-state index in [0.29, 0.717) is 11.7 Å². The molecule has 8 heteroatoms. The van der Waals surface area contributed by atoms with Crippen LogP contribution in [0.4, 0.5) is 19.0 Å². The third-order valence-corrected chi connectivity index (χ3v) is 4.53. The van der Waals surface area contributed by atoms with Gasteiger partial charge in [-0.1, -0.05) is 12.1 Å². The Bertz CT molecular complexity index is 889. The van der Waals surface area contributed by atoms with E-state index in [0.717, 1.165) is 22.9 Å². The second-order valence-electron chi connectivity index (χ2n) is 6.27. The van der Waals surface area contributed by atoms with Crippen LogP contribution in [0.3, 0.4) is 0 Å². The first kappa shape index (κ1) is 15.9. The monoisotopic (exact) mass is 347 g/mol. The number of hydrogen-bond acceptors (Lipinski definition) is 4. The lowest BCUT2D eigenvalue weighted by Crippen LogP contribution is -2.27. The van der Waals surface area contributed by atoms with Gasteiger partial charge in [0, 0.05) is 7.05 Å². The molecule has 0 radical (unpaired) electrons. The first-order valence-electron chi connectivity index (χ1n) is 8.03. The SMILES string of the molecule is CN(c1ccc2nnc(C(F)F)n2n1)C(c1ccc(F)cc1)C1CC1. The average molecular weight is 347 g/mol. The first-order chi connectivity index (χ1) is 12.0. The minimum Gasteiger partial charge on any atom is -0.351 e. The van der Waals surface area contributed by atoms with E-state index in [2.05, 4.69) is 15.3 Å². The Morgan fingerprint density at radius 2 is 1.80 bits per heavy atom. The smallest absolute Gasteiger partial charge is 0.299 e. The van der Waals surface area contributed by atoms with Crippen molar-refractivity contribution in [1.29, 1.82) is 0 Å². The van der Waals surface area contributed by atoms with Crippen LogP contribution in [-0.2, 0) is 0 Å². The van der Waals surface area contributed by atoms with Gasteiger partial charge in [0.15, 0.2) is 5.65 Å². The van der Waals surface area contributed by atoms with Gasteiger partial charge in [0.1, 0.15) is 11.6 Å². The Kier molecular flexibility index (Phi) is 3.82. The summed E-state index contributed by atoms with van der Waals surface area (Å²) in [5.41, 5.74) is 1.25. The summed E-state index contributed by atoms with van der Waals surface area (Å²) in [6.07, 6.45) is -0.605. The summed E-state index contributed by atoms with van der Waals surface area (Å²) in [6.45, 7) is 0. The molecule has 0 amide bonds. The molecule has 0 spiro atoms. The highest BCUT2D eigenvalue weighted by Gasteiger charge is 2.36. The van der Waals surface area contributed by atoms with Gasteiger partial charge >= 0.3 is 0 Å². The van der Waals surface area contributed by atoms with E-state index >= 15 is 0 Å². The number of halogens is 3. The Morgan fingerprint density at radius 1 is 1.08 bits per heavy atom. The summed E-state index contributed by atoms with van der Waals surface area (Å²) in [6, 6.07) is 9.75. The molecule has 2 heterocycles. The molecular formula is C17H16F3N5. The molecule has 0 N–H and O–H groups in total. The first-order valence-corrected chi connectivity index (χ1v) is 8.03.